The first-order valence-electron chi connectivity index (χ1n) is 10.2. The van der Waals surface area contributed by atoms with E-state index in [2.05, 4.69) is 12.2 Å². The van der Waals surface area contributed by atoms with Crippen LogP contribution >= 0.6 is 0 Å². The number of hydrogen-bond donors (Lipinski definition) is 2. The number of nitrogens with one attached hydrogen (secondary N) is 1. The topological polar surface area (TPSA) is 84.7 Å². The SMILES string of the molecule is Cc1cc(N2CC(c3ccc(C(=O)Nc4ccccc4N)cc3)OC2=O)cc(C)c1C. The lowest BCUT2D eigenvalue weighted by atomic mass is 10.0. The van der Waals surface area contributed by atoms with Crippen LogP contribution in [0.3, 0.4) is 0 Å². The van der Waals surface area contributed by atoms with Gasteiger partial charge in [-0.2, -0.15) is 0 Å². The Hall–Kier alpha value is -3.80. The van der Waals surface area contributed by atoms with Gasteiger partial charge in [0.25, 0.3) is 5.91 Å². The van der Waals surface area contributed by atoms with Crippen LogP contribution in [0.4, 0.5) is 21.9 Å². The molecule has 1 aliphatic rings. The van der Waals surface area contributed by atoms with Crippen LogP contribution in [0.2, 0.25) is 0 Å². The van der Waals surface area contributed by atoms with Gasteiger partial charge >= 0.3 is 6.09 Å². The van der Waals surface area contributed by atoms with E-state index in [1.807, 2.05) is 50.2 Å². The molecule has 1 saturated heterocycles. The third-order valence-electron chi connectivity index (χ3n) is 5.79. The van der Waals surface area contributed by atoms with E-state index in [1.165, 1.54) is 5.56 Å². The predicted octanol–water partition coefficient (Wildman–Crippen LogP) is 5.14. The molecule has 6 nitrogen and oxygen atoms in total. The van der Waals surface area contributed by atoms with Crippen molar-refractivity contribution in [2.75, 3.05) is 22.5 Å². The average molecular weight is 415 g/mol. The molecule has 2 amide bonds. The van der Waals surface area contributed by atoms with Gasteiger partial charge in [0.1, 0.15) is 6.10 Å². The van der Waals surface area contributed by atoms with Gasteiger partial charge in [-0.25, -0.2) is 4.79 Å². The Bertz CT molecular complexity index is 1130. The second-order valence-electron chi connectivity index (χ2n) is 7.85. The molecule has 0 aliphatic carbocycles. The molecule has 1 unspecified atom stereocenters. The van der Waals surface area contributed by atoms with Gasteiger partial charge in [0.15, 0.2) is 0 Å². The zero-order chi connectivity index (χ0) is 22.1. The Morgan fingerprint density at radius 2 is 1.68 bits per heavy atom. The number of carbonyl (C=O) groups excluding carboxylic acids is 2. The summed E-state index contributed by atoms with van der Waals surface area (Å²) in [6.07, 6.45) is -0.759. The summed E-state index contributed by atoms with van der Waals surface area (Å²) in [6, 6.07) is 18.2. The number of cyclic esters (lactones) is 1. The molecule has 158 valence electrons. The Morgan fingerprint density at radius 3 is 2.32 bits per heavy atom. The monoisotopic (exact) mass is 415 g/mol. The molecular formula is C25H25N3O3. The summed E-state index contributed by atoms with van der Waals surface area (Å²) in [5, 5.41) is 2.81. The van der Waals surface area contributed by atoms with E-state index >= 15 is 0 Å². The number of nitrogen functional groups attached to an aromatic ring is 1. The molecule has 0 radical (unpaired) electrons. The molecule has 3 N–H and O–H groups in total. The molecule has 3 aromatic carbocycles. The van der Waals surface area contributed by atoms with Gasteiger partial charge in [-0.05, 0) is 79.4 Å². The van der Waals surface area contributed by atoms with Gasteiger partial charge in [0.2, 0.25) is 0 Å². The van der Waals surface area contributed by atoms with Crippen LogP contribution in [0.15, 0.2) is 60.7 Å². The van der Waals surface area contributed by atoms with Crippen molar-refractivity contribution in [2.45, 2.75) is 26.9 Å². The van der Waals surface area contributed by atoms with Crippen LogP contribution in [-0.2, 0) is 4.74 Å². The van der Waals surface area contributed by atoms with Crippen molar-refractivity contribution in [2.24, 2.45) is 0 Å². The molecule has 1 heterocycles. The van der Waals surface area contributed by atoms with E-state index in [1.54, 1.807) is 29.2 Å². The molecule has 0 saturated carbocycles. The van der Waals surface area contributed by atoms with Crippen molar-refractivity contribution >= 4 is 29.1 Å². The van der Waals surface area contributed by atoms with Crippen molar-refractivity contribution in [1.29, 1.82) is 0 Å². The van der Waals surface area contributed by atoms with Crippen LogP contribution in [-0.4, -0.2) is 18.5 Å². The third-order valence-corrected chi connectivity index (χ3v) is 5.79. The van der Waals surface area contributed by atoms with Crippen LogP contribution in [0.1, 0.15) is 38.7 Å². The summed E-state index contributed by atoms with van der Waals surface area (Å²) < 4.78 is 5.61. The Kier molecular flexibility index (Phi) is 5.38. The van der Waals surface area contributed by atoms with Gasteiger partial charge in [0.05, 0.1) is 17.9 Å². The number of amides is 2. The maximum Gasteiger partial charge on any atom is 0.415 e. The normalized spacial score (nSPS) is 15.6. The second-order valence-corrected chi connectivity index (χ2v) is 7.85. The number of hydrogen-bond acceptors (Lipinski definition) is 4. The van der Waals surface area contributed by atoms with Crippen molar-refractivity contribution in [3.05, 3.63) is 88.5 Å². The Balaban J connectivity index is 1.48. The first-order chi connectivity index (χ1) is 14.8. The Labute approximate surface area is 181 Å². The maximum atomic E-state index is 12.5. The Morgan fingerprint density at radius 1 is 1.03 bits per heavy atom. The number of nitrogens with two attached hydrogens (primary N) is 1. The van der Waals surface area contributed by atoms with Gasteiger partial charge in [-0.15, -0.1) is 0 Å². The lowest BCUT2D eigenvalue weighted by Gasteiger charge is -2.16. The molecule has 1 fully saturated rings. The fourth-order valence-corrected chi connectivity index (χ4v) is 3.67. The first kappa shape index (κ1) is 20.5. The number of rotatable bonds is 4. The summed E-state index contributed by atoms with van der Waals surface area (Å²) in [4.78, 5) is 26.7. The second kappa shape index (κ2) is 8.14. The van der Waals surface area contributed by atoms with Crippen LogP contribution in [0.5, 0.6) is 0 Å². The zero-order valence-corrected chi connectivity index (χ0v) is 17.8. The fraction of sp³-hybridized carbons (Fsp3) is 0.200. The molecule has 1 atom stereocenters. The number of nitrogens with zero attached hydrogens (tertiary/aromatic N) is 1. The van der Waals surface area contributed by atoms with E-state index in [4.69, 9.17) is 10.5 Å². The minimum atomic E-state index is -0.392. The number of para-hydroxylation sites is 2. The highest BCUT2D eigenvalue weighted by Gasteiger charge is 2.33. The molecule has 0 bridgehead atoms. The van der Waals surface area contributed by atoms with Crippen LogP contribution < -0.4 is 16.0 Å². The summed E-state index contributed by atoms with van der Waals surface area (Å²) in [6.45, 7) is 6.57. The number of ether oxygens (including phenoxy) is 1. The predicted molar refractivity (Wildman–Crippen MR) is 122 cm³/mol. The molecule has 0 aromatic heterocycles. The minimum Gasteiger partial charge on any atom is -0.439 e. The largest absolute Gasteiger partial charge is 0.439 e. The molecule has 1 aliphatic heterocycles. The molecular weight excluding hydrogens is 390 g/mol. The fourth-order valence-electron chi connectivity index (χ4n) is 3.67. The summed E-state index contributed by atoms with van der Waals surface area (Å²) >= 11 is 0. The molecule has 4 rings (SSSR count). The van der Waals surface area contributed by atoms with Gasteiger partial charge in [0, 0.05) is 11.3 Å². The van der Waals surface area contributed by atoms with Crippen molar-refractivity contribution < 1.29 is 14.3 Å². The standard InChI is InChI=1S/C25H25N3O3/c1-15-12-20(13-16(2)17(15)3)28-14-23(31-25(28)30)18-8-10-19(11-9-18)24(29)27-22-7-5-4-6-21(22)26/h4-13,23H,14,26H2,1-3H3,(H,27,29). The highest BCUT2D eigenvalue weighted by Crippen LogP contribution is 2.32. The number of carbonyl (C=O) groups is 2. The lowest BCUT2D eigenvalue weighted by Crippen LogP contribution is -2.23. The van der Waals surface area contributed by atoms with Gasteiger partial charge in [-0.1, -0.05) is 24.3 Å². The van der Waals surface area contributed by atoms with E-state index in [9.17, 15) is 9.59 Å². The highest BCUT2D eigenvalue weighted by molar-refractivity contribution is 6.05. The van der Waals surface area contributed by atoms with Crippen LogP contribution in [0.25, 0.3) is 0 Å². The molecule has 6 heteroatoms. The van der Waals surface area contributed by atoms with Crippen molar-refractivity contribution in [3.63, 3.8) is 0 Å². The lowest BCUT2D eigenvalue weighted by molar-refractivity contribution is 0.102. The average Bonchev–Trinajstić information content (AvgIpc) is 3.15. The van der Waals surface area contributed by atoms with E-state index in [0.717, 1.165) is 22.4 Å². The summed E-state index contributed by atoms with van der Waals surface area (Å²) in [5.74, 6) is -0.250. The number of benzene rings is 3. The molecule has 0 spiro atoms. The van der Waals surface area contributed by atoms with Crippen LogP contribution in [0, 0.1) is 20.8 Å². The minimum absolute atomic E-state index is 0.250. The number of anilines is 3. The summed E-state index contributed by atoms with van der Waals surface area (Å²) in [7, 11) is 0. The quantitative estimate of drug-likeness (QED) is 0.578. The van der Waals surface area contributed by atoms with E-state index in [0.29, 0.717) is 23.5 Å². The molecule has 31 heavy (non-hydrogen) atoms. The zero-order valence-electron chi connectivity index (χ0n) is 17.8. The van der Waals surface area contributed by atoms with Gasteiger partial charge in [-0.3, -0.25) is 9.69 Å². The van der Waals surface area contributed by atoms with Crippen molar-refractivity contribution in [3.8, 4) is 0 Å². The highest BCUT2D eigenvalue weighted by atomic mass is 16.6. The van der Waals surface area contributed by atoms with E-state index < -0.39 is 6.10 Å². The maximum absolute atomic E-state index is 12.5. The molecule has 3 aromatic rings. The number of aryl methyl sites for hydroxylation is 2. The van der Waals surface area contributed by atoms with Crippen molar-refractivity contribution in [1.82, 2.24) is 0 Å². The third kappa shape index (κ3) is 4.10. The smallest absolute Gasteiger partial charge is 0.415 e. The first-order valence-corrected chi connectivity index (χ1v) is 10.2. The van der Waals surface area contributed by atoms with E-state index in [-0.39, 0.29) is 12.0 Å². The van der Waals surface area contributed by atoms with Gasteiger partial charge < -0.3 is 15.8 Å². The summed E-state index contributed by atoms with van der Waals surface area (Å²) in [5.41, 5.74) is 12.6.